The van der Waals surface area contributed by atoms with E-state index in [2.05, 4.69) is 5.10 Å². The molecule has 1 fully saturated rings. The Balaban J connectivity index is 1.53. The first-order valence-corrected chi connectivity index (χ1v) is 10.7. The quantitative estimate of drug-likeness (QED) is 0.515. The van der Waals surface area contributed by atoms with E-state index in [0.29, 0.717) is 17.2 Å². The van der Waals surface area contributed by atoms with Crippen LogP contribution in [0.15, 0.2) is 29.4 Å². The summed E-state index contributed by atoms with van der Waals surface area (Å²) in [5, 5.41) is 5.65. The minimum absolute atomic E-state index is 0.00513. The van der Waals surface area contributed by atoms with Crippen molar-refractivity contribution in [3.8, 4) is 5.75 Å². The van der Waals surface area contributed by atoms with Crippen molar-refractivity contribution in [3.63, 3.8) is 0 Å². The average Bonchev–Trinajstić information content (AvgIpc) is 3.00. The molecule has 0 radical (unpaired) electrons. The molecule has 1 amide bonds. The molecule has 2 heterocycles. The first-order valence-electron chi connectivity index (χ1n) is 8.50. The fraction of sp³-hybridized carbons (Fsp3) is 0.471. The second-order valence-electron chi connectivity index (χ2n) is 6.26. The van der Waals surface area contributed by atoms with E-state index in [1.54, 1.807) is 24.3 Å². The summed E-state index contributed by atoms with van der Waals surface area (Å²) in [6.45, 7) is 0.112. The molecule has 1 aromatic rings. The molecule has 0 bridgehead atoms. The molecule has 10 heteroatoms. The number of hydrogen-bond acceptors (Lipinski definition) is 7. The summed E-state index contributed by atoms with van der Waals surface area (Å²) in [6.07, 6.45) is 0.588. The zero-order valence-corrected chi connectivity index (χ0v) is 16.0. The largest absolute Gasteiger partial charge is 0.488 e. The van der Waals surface area contributed by atoms with E-state index < -0.39 is 21.8 Å². The van der Waals surface area contributed by atoms with Crippen LogP contribution < -0.4 is 4.74 Å². The van der Waals surface area contributed by atoms with E-state index in [4.69, 9.17) is 21.1 Å². The summed E-state index contributed by atoms with van der Waals surface area (Å²) >= 11 is 5.97. The second kappa shape index (κ2) is 8.26. The van der Waals surface area contributed by atoms with Gasteiger partial charge in [-0.2, -0.15) is 5.10 Å². The van der Waals surface area contributed by atoms with Crippen LogP contribution in [0.2, 0.25) is 5.02 Å². The lowest BCUT2D eigenvalue weighted by Crippen LogP contribution is -2.42. The van der Waals surface area contributed by atoms with Crippen LogP contribution in [0.3, 0.4) is 0 Å². The summed E-state index contributed by atoms with van der Waals surface area (Å²) in [5.41, 5.74) is 0.108. The molecule has 146 valence electrons. The topological polar surface area (TPSA) is 102 Å². The average molecular weight is 415 g/mol. The number of para-hydroxylation sites is 1. The minimum atomic E-state index is -3.16. The Hall–Kier alpha value is -2.13. The van der Waals surface area contributed by atoms with E-state index >= 15 is 0 Å². The molecule has 0 spiro atoms. The smallest absolute Gasteiger partial charge is 0.354 e. The van der Waals surface area contributed by atoms with E-state index in [-0.39, 0.29) is 49.2 Å². The second-order valence-corrected chi connectivity index (χ2v) is 8.89. The number of carbonyl (C=O) groups excluding carboxylic acids is 2. The van der Waals surface area contributed by atoms with Gasteiger partial charge in [0, 0.05) is 12.8 Å². The van der Waals surface area contributed by atoms with Crippen molar-refractivity contribution in [1.82, 2.24) is 5.01 Å². The summed E-state index contributed by atoms with van der Waals surface area (Å²) < 4.78 is 33.8. The van der Waals surface area contributed by atoms with Crippen molar-refractivity contribution in [1.29, 1.82) is 0 Å². The van der Waals surface area contributed by atoms with E-state index in [0.717, 1.165) is 5.01 Å². The van der Waals surface area contributed by atoms with Crippen LogP contribution in [0.1, 0.15) is 19.3 Å². The van der Waals surface area contributed by atoms with Gasteiger partial charge in [0.1, 0.15) is 24.7 Å². The van der Waals surface area contributed by atoms with Crippen molar-refractivity contribution < 1.29 is 27.5 Å². The van der Waals surface area contributed by atoms with Crippen LogP contribution in [-0.2, 0) is 24.2 Å². The Morgan fingerprint density at radius 1 is 1.26 bits per heavy atom. The minimum Gasteiger partial charge on any atom is -0.488 e. The van der Waals surface area contributed by atoms with Gasteiger partial charge in [0.15, 0.2) is 9.84 Å². The van der Waals surface area contributed by atoms with Crippen molar-refractivity contribution in [2.45, 2.75) is 25.3 Å². The van der Waals surface area contributed by atoms with Crippen LogP contribution in [0.5, 0.6) is 5.75 Å². The molecule has 1 aromatic carbocycles. The summed E-state index contributed by atoms with van der Waals surface area (Å²) in [6, 6.07) is 6.43. The predicted octanol–water partition coefficient (Wildman–Crippen LogP) is 1.43. The highest BCUT2D eigenvalue weighted by atomic mass is 35.5. The van der Waals surface area contributed by atoms with Gasteiger partial charge in [0.25, 0.3) is 0 Å². The van der Waals surface area contributed by atoms with Gasteiger partial charge in [-0.25, -0.2) is 18.2 Å². The predicted molar refractivity (Wildman–Crippen MR) is 98.5 cm³/mol. The lowest BCUT2D eigenvalue weighted by atomic mass is 10.1. The third-order valence-corrected chi connectivity index (χ3v) is 6.32. The van der Waals surface area contributed by atoms with E-state index in [1.807, 2.05) is 0 Å². The lowest BCUT2D eigenvalue weighted by molar-refractivity contribution is -0.137. The fourth-order valence-electron chi connectivity index (χ4n) is 2.90. The Morgan fingerprint density at radius 3 is 2.74 bits per heavy atom. The van der Waals surface area contributed by atoms with Gasteiger partial charge in [-0.05, 0) is 18.6 Å². The summed E-state index contributed by atoms with van der Waals surface area (Å²) in [7, 11) is -3.16. The highest BCUT2D eigenvalue weighted by Crippen LogP contribution is 2.23. The third kappa shape index (κ3) is 4.98. The molecule has 2 aliphatic heterocycles. The fourth-order valence-corrected chi connectivity index (χ4v) is 4.79. The van der Waals surface area contributed by atoms with Gasteiger partial charge in [-0.1, -0.05) is 23.7 Å². The maximum Gasteiger partial charge on any atom is 0.354 e. The van der Waals surface area contributed by atoms with Crippen molar-refractivity contribution in [2.24, 2.45) is 5.10 Å². The standard InChI is InChI=1S/C17H19ClN2O6S/c18-13-3-1-2-4-15(13)25-8-9-26-17(22)14-5-6-16(21)20(19-14)12-7-10-27(23,24)11-12/h1-4,12H,5-11H2. The van der Waals surface area contributed by atoms with Gasteiger partial charge < -0.3 is 9.47 Å². The van der Waals surface area contributed by atoms with E-state index in [9.17, 15) is 18.0 Å². The number of rotatable bonds is 6. The van der Waals surface area contributed by atoms with Gasteiger partial charge in [-0.15, -0.1) is 0 Å². The first-order chi connectivity index (χ1) is 12.9. The number of halogens is 1. The lowest BCUT2D eigenvalue weighted by Gasteiger charge is -2.27. The Morgan fingerprint density at radius 2 is 2.04 bits per heavy atom. The molecule has 0 aromatic heterocycles. The van der Waals surface area contributed by atoms with Crippen LogP contribution >= 0.6 is 11.6 Å². The molecule has 27 heavy (non-hydrogen) atoms. The molecular formula is C17H19ClN2O6S. The van der Waals surface area contributed by atoms with Gasteiger partial charge >= 0.3 is 5.97 Å². The monoisotopic (exact) mass is 414 g/mol. The Kier molecular flexibility index (Phi) is 6.01. The molecule has 0 saturated carbocycles. The molecule has 2 aliphatic rings. The van der Waals surface area contributed by atoms with Crippen molar-refractivity contribution >= 4 is 39.0 Å². The number of hydrogen-bond donors (Lipinski definition) is 0. The number of hydrazone groups is 1. The van der Waals surface area contributed by atoms with Crippen LogP contribution in [0.4, 0.5) is 0 Å². The van der Waals surface area contributed by atoms with E-state index in [1.165, 1.54) is 0 Å². The number of esters is 1. The Bertz CT molecular complexity index is 870. The number of carbonyl (C=O) groups is 2. The molecule has 1 atom stereocenters. The molecule has 0 N–H and O–H groups in total. The number of benzene rings is 1. The third-order valence-electron chi connectivity index (χ3n) is 4.26. The molecule has 0 aliphatic carbocycles. The van der Waals surface area contributed by atoms with Crippen LogP contribution in [-0.4, -0.2) is 61.8 Å². The zero-order valence-electron chi connectivity index (χ0n) is 14.5. The van der Waals surface area contributed by atoms with Crippen molar-refractivity contribution in [3.05, 3.63) is 29.3 Å². The maximum absolute atomic E-state index is 12.2. The molecule has 1 saturated heterocycles. The zero-order chi connectivity index (χ0) is 19.4. The SMILES string of the molecule is O=C(OCCOc1ccccc1Cl)C1=NN(C2CCS(=O)(=O)C2)C(=O)CC1. The maximum atomic E-state index is 12.2. The summed E-state index contributed by atoms with van der Waals surface area (Å²) in [4.78, 5) is 24.2. The first kappa shape index (κ1) is 19.6. The number of ether oxygens (including phenoxy) is 2. The van der Waals surface area contributed by atoms with Crippen LogP contribution in [0.25, 0.3) is 0 Å². The van der Waals surface area contributed by atoms with Gasteiger partial charge in [0.05, 0.1) is 22.6 Å². The highest BCUT2D eigenvalue weighted by Gasteiger charge is 2.37. The van der Waals surface area contributed by atoms with Crippen LogP contribution in [0, 0.1) is 0 Å². The number of amides is 1. The highest BCUT2D eigenvalue weighted by molar-refractivity contribution is 7.91. The molecule has 3 rings (SSSR count). The Labute approximate surface area is 162 Å². The molecule has 1 unspecified atom stereocenters. The van der Waals surface area contributed by atoms with Gasteiger partial charge in [0.2, 0.25) is 5.91 Å². The molecule has 8 nitrogen and oxygen atoms in total. The number of sulfone groups is 1. The summed E-state index contributed by atoms with van der Waals surface area (Å²) in [5.74, 6) is -0.539. The molecular weight excluding hydrogens is 396 g/mol. The normalized spacial score (nSPS) is 21.7. The van der Waals surface area contributed by atoms with Crippen molar-refractivity contribution in [2.75, 3.05) is 24.7 Å². The number of nitrogens with zero attached hydrogens (tertiary/aromatic N) is 2. The van der Waals surface area contributed by atoms with Gasteiger partial charge in [-0.3, -0.25) is 4.79 Å².